The Bertz CT molecular complexity index is 729. The molecule has 1 aliphatic heterocycles. The first kappa shape index (κ1) is 17.9. The summed E-state index contributed by atoms with van der Waals surface area (Å²) in [6.45, 7) is 5.60. The number of carbonyl (C=O) groups excluding carboxylic acids is 1. The number of nitrogens with zero attached hydrogens (tertiary/aromatic N) is 4. The molecule has 1 amide bonds. The quantitative estimate of drug-likeness (QED) is 0.851. The number of aromatic nitrogens is 3. The molecule has 2 heterocycles. The largest absolute Gasteiger partial charge is 0.450 e. The lowest BCUT2D eigenvalue weighted by Gasteiger charge is -2.31. The van der Waals surface area contributed by atoms with Crippen LogP contribution in [0.15, 0.2) is 30.5 Å². The van der Waals surface area contributed by atoms with Crippen molar-refractivity contribution in [2.45, 2.75) is 32.7 Å². The van der Waals surface area contributed by atoms with Crippen molar-refractivity contribution in [1.29, 1.82) is 0 Å². The van der Waals surface area contributed by atoms with Crippen molar-refractivity contribution in [1.82, 2.24) is 20.1 Å². The second-order valence-electron chi connectivity index (χ2n) is 6.26. The molecular formula is C18H24N6O2. The molecule has 0 saturated carbocycles. The van der Waals surface area contributed by atoms with Crippen LogP contribution in [0.4, 0.5) is 22.2 Å². The summed E-state index contributed by atoms with van der Waals surface area (Å²) in [6, 6.07) is 8.24. The number of benzene rings is 1. The van der Waals surface area contributed by atoms with Gasteiger partial charge in [-0.25, -0.2) is 4.79 Å². The number of nitrogens with one attached hydrogen (secondary N) is 2. The number of likely N-dealkylation sites (tertiary alicyclic amines) is 1. The summed E-state index contributed by atoms with van der Waals surface area (Å²) in [7, 11) is 0. The van der Waals surface area contributed by atoms with Crippen LogP contribution in [-0.2, 0) is 4.74 Å². The molecule has 138 valence electrons. The summed E-state index contributed by atoms with van der Waals surface area (Å²) in [5.41, 5.74) is 2.11. The molecule has 3 rings (SSSR count). The van der Waals surface area contributed by atoms with E-state index in [2.05, 4.69) is 25.8 Å². The first-order valence-electron chi connectivity index (χ1n) is 8.85. The number of carbonyl (C=O) groups is 1. The van der Waals surface area contributed by atoms with E-state index in [4.69, 9.17) is 4.74 Å². The van der Waals surface area contributed by atoms with E-state index >= 15 is 0 Å². The molecule has 1 aliphatic rings. The molecular weight excluding hydrogens is 332 g/mol. The number of aryl methyl sites for hydroxylation is 1. The van der Waals surface area contributed by atoms with Crippen molar-refractivity contribution in [3.63, 3.8) is 0 Å². The van der Waals surface area contributed by atoms with Gasteiger partial charge in [0.15, 0.2) is 5.82 Å². The highest BCUT2D eigenvalue weighted by Crippen LogP contribution is 2.18. The number of anilines is 3. The molecule has 1 aromatic carbocycles. The average molecular weight is 356 g/mol. The minimum absolute atomic E-state index is 0.237. The SMILES string of the molecule is CCOC(=O)N1CCC(Nc2cnnc(Nc3ccc(C)cc3)n2)CC1. The normalized spacial score (nSPS) is 14.8. The van der Waals surface area contributed by atoms with Crippen LogP contribution in [-0.4, -0.2) is 51.9 Å². The predicted molar refractivity (Wildman–Crippen MR) is 99.5 cm³/mol. The Labute approximate surface area is 153 Å². The van der Waals surface area contributed by atoms with E-state index in [0.29, 0.717) is 31.5 Å². The smallest absolute Gasteiger partial charge is 0.409 e. The Morgan fingerprint density at radius 2 is 2.00 bits per heavy atom. The fourth-order valence-electron chi connectivity index (χ4n) is 2.82. The highest BCUT2D eigenvalue weighted by atomic mass is 16.6. The number of piperidine rings is 1. The summed E-state index contributed by atoms with van der Waals surface area (Å²) in [4.78, 5) is 18.0. The van der Waals surface area contributed by atoms with E-state index in [-0.39, 0.29) is 12.1 Å². The molecule has 0 bridgehead atoms. The van der Waals surface area contributed by atoms with Crippen molar-refractivity contribution in [2.75, 3.05) is 30.3 Å². The Morgan fingerprint density at radius 3 is 2.69 bits per heavy atom. The van der Waals surface area contributed by atoms with Crippen molar-refractivity contribution < 1.29 is 9.53 Å². The highest BCUT2D eigenvalue weighted by Gasteiger charge is 2.23. The second kappa shape index (κ2) is 8.46. The summed E-state index contributed by atoms with van der Waals surface area (Å²) in [6.07, 6.45) is 3.05. The van der Waals surface area contributed by atoms with Gasteiger partial charge in [-0.2, -0.15) is 10.1 Å². The summed E-state index contributed by atoms with van der Waals surface area (Å²) >= 11 is 0. The number of ether oxygens (including phenoxy) is 1. The van der Waals surface area contributed by atoms with Gasteiger partial charge in [-0.05, 0) is 38.8 Å². The molecule has 0 spiro atoms. The van der Waals surface area contributed by atoms with Crippen LogP contribution in [0.2, 0.25) is 0 Å². The first-order valence-corrected chi connectivity index (χ1v) is 8.85. The maximum atomic E-state index is 11.7. The van der Waals surface area contributed by atoms with E-state index in [1.54, 1.807) is 11.1 Å². The van der Waals surface area contributed by atoms with E-state index in [1.807, 2.05) is 38.1 Å². The fraction of sp³-hybridized carbons (Fsp3) is 0.444. The maximum absolute atomic E-state index is 11.7. The number of hydrogen-bond donors (Lipinski definition) is 2. The van der Waals surface area contributed by atoms with Gasteiger partial charge in [0.05, 0.1) is 12.8 Å². The molecule has 1 saturated heterocycles. The lowest BCUT2D eigenvalue weighted by Crippen LogP contribution is -2.42. The van der Waals surface area contributed by atoms with Crippen molar-refractivity contribution in [3.8, 4) is 0 Å². The van der Waals surface area contributed by atoms with E-state index < -0.39 is 0 Å². The molecule has 0 aliphatic carbocycles. The Balaban J connectivity index is 1.54. The molecule has 26 heavy (non-hydrogen) atoms. The second-order valence-corrected chi connectivity index (χ2v) is 6.26. The zero-order valence-electron chi connectivity index (χ0n) is 15.1. The molecule has 2 N–H and O–H groups in total. The van der Waals surface area contributed by atoms with Gasteiger partial charge < -0.3 is 20.3 Å². The fourth-order valence-corrected chi connectivity index (χ4v) is 2.82. The van der Waals surface area contributed by atoms with Crippen LogP contribution in [0.1, 0.15) is 25.3 Å². The molecule has 0 radical (unpaired) electrons. The van der Waals surface area contributed by atoms with Gasteiger partial charge in [-0.1, -0.05) is 17.7 Å². The third kappa shape index (κ3) is 4.81. The topological polar surface area (TPSA) is 92.3 Å². The van der Waals surface area contributed by atoms with Crippen LogP contribution in [0.3, 0.4) is 0 Å². The Kier molecular flexibility index (Phi) is 5.83. The van der Waals surface area contributed by atoms with Crippen LogP contribution in [0.5, 0.6) is 0 Å². The number of hydrogen-bond acceptors (Lipinski definition) is 7. The number of rotatable bonds is 5. The monoisotopic (exact) mass is 356 g/mol. The zero-order chi connectivity index (χ0) is 18.4. The minimum atomic E-state index is -0.237. The molecule has 0 unspecified atom stereocenters. The Hall–Kier alpha value is -2.90. The van der Waals surface area contributed by atoms with Gasteiger partial charge in [0.25, 0.3) is 0 Å². The highest BCUT2D eigenvalue weighted by molar-refractivity contribution is 5.67. The summed E-state index contributed by atoms with van der Waals surface area (Å²) in [5, 5.41) is 14.6. The van der Waals surface area contributed by atoms with Crippen molar-refractivity contribution in [2.24, 2.45) is 0 Å². The van der Waals surface area contributed by atoms with Crippen molar-refractivity contribution >= 4 is 23.5 Å². The summed E-state index contributed by atoms with van der Waals surface area (Å²) in [5.74, 6) is 1.12. The van der Waals surface area contributed by atoms with Crippen LogP contribution >= 0.6 is 0 Å². The van der Waals surface area contributed by atoms with Gasteiger partial charge in [0.2, 0.25) is 5.95 Å². The third-order valence-electron chi connectivity index (χ3n) is 4.24. The molecule has 1 fully saturated rings. The lowest BCUT2D eigenvalue weighted by atomic mass is 10.1. The molecule has 2 aromatic rings. The van der Waals surface area contributed by atoms with Crippen LogP contribution < -0.4 is 10.6 Å². The Morgan fingerprint density at radius 1 is 1.27 bits per heavy atom. The summed E-state index contributed by atoms with van der Waals surface area (Å²) < 4.78 is 5.04. The minimum Gasteiger partial charge on any atom is -0.450 e. The maximum Gasteiger partial charge on any atom is 0.409 e. The van der Waals surface area contributed by atoms with Crippen LogP contribution in [0.25, 0.3) is 0 Å². The van der Waals surface area contributed by atoms with Crippen molar-refractivity contribution in [3.05, 3.63) is 36.0 Å². The third-order valence-corrected chi connectivity index (χ3v) is 4.24. The van der Waals surface area contributed by atoms with E-state index in [9.17, 15) is 4.79 Å². The molecule has 0 atom stereocenters. The molecule has 8 nitrogen and oxygen atoms in total. The van der Waals surface area contributed by atoms with Crippen LogP contribution in [0, 0.1) is 6.92 Å². The zero-order valence-corrected chi connectivity index (χ0v) is 15.1. The van der Waals surface area contributed by atoms with E-state index in [1.165, 1.54) is 5.56 Å². The van der Waals surface area contributed by atoms with Gasteiger partial charge >= 0.3 is 6.09 Å². The lowest BCUT2D eigenvalue weighted by molar-refractivity contribution is 0.0983. The molecule has 1 aromatic heterocycles. The standard InChI is InChI=1S/C18H24N6O2/c1-3-26-18(25)24-10-8-15(9-11-24)20-16-12-19-23-17(22-16)21-14-6-4-13(2)5-7-14/h4-7,12,15H,3,8-11H2,1-2H3,(H2,20,21,22,23). The first-order chi connectivity index (χ1) is 12.6. The predicted octanol–water partition coefficient (Wildman–Crippen LogP) is 2.96. The van der Waals surface area contributed by atoms with E-state index in [0.717, 1.165) is 18.5 Å². The molecule has 8 heteroatoms. The average Bonchev–Trinajstić information content (AvgIpc) is 2.65. The van der Waals surface area contributed by atoms with Gasteiger partial charge in [-0.15, -0.1) is 5.10 Å². The number of amides is 1. The van der Waals surface area contributed by atoms with Gasteiger partial charge in [0.1, 0.15) is 0 Å². The van der Waals surface area contributed by atoms with Gasteiger partial charge in [0, 0.05) is 24.8 Å². The van der Waals surface area contributed by atoms with Gasteiger partial charge in [-0.3, -0.25) is 0 Å².